The van der Waals surface area contributed by atoms with Gasteiger partial charge in [-0.15, -0.1) is 0 Å². The number of rotatable bonds is 5. The minimum Gasteiger partial charge on any atom is -0.465 e. The van der Waals surface area contributed by atoms with Crippen molar-refractivity contribution in [2.24, 2.45) is 5.73 Å². The molecule has 3 N–H and O–H groups in total. The number of hydrogen-bond acceptors (Lipinski definition) is 5. The summed E-state index contributed by atoms with van der Waals surface area (Å²) in [5, 5.41) is 2.29. The Bertz CT molecular complexity index is 479. The van der Waals surface area contributed by atoms with Crippen molar-refractivity contribution >= 4 is 17.6 Å². The normalized spacial score (nSPS) is 11.8. The summed E-state index contributed by atoms with van der Waals surface area (Å²) in [6.07, 6.45) is 0. The number of esters is 1. The zero-order chi connectivity index (χ0) is 14.4. The van der Waals surface area contributed by atoms with Crippen LogP contribution >= 0.6 is 0 Å². The molecule has 0 aliphatic carbocycles. The molecule has 1 aromatic carbocycles. The smallest absolute Gasteiger partial charge is 0.337 e. The Morgan fingerprint density at radius 2 is 2.11 bits per heavy atom. The molecule has 19 heavy (non-hydrogen) atoms. The number of nitrogens with one attached hydrogen (secondary N) is 1. The number of hydrogen-bond donors (Lipinski definition) is 2. The standard InChI is InChI=1S/C12H15FN2O4/c1-18-6-9(14)11(16)15-10-5-7(12(17)19-2)3-4-8(10)13/h3-5,9H,6,14H2,1-2H3,(H,15,16). The number of nitrogens with two attached hydrogens (primary N) is 1. The SMILES string of the molecule is COCC(N)C(=O)Nc1cc(C(=O)OC)ccc1F. The summed E-state index contributed by atoms with van der Waals surface area (Å²) in [5.41, 5.74) is 5.48. The van der Waals surface area contributed by atoms with Crippen LogP contribution in [0.4, 0.5) is 10.1 Å². The lowest BCUT2D eigenvalue weighted by Gasteiger charge is -2.12. The highest BCUT2D eigenvalue weighted by molar-refractivity contribution is 5.97. The molecule has 0 spiro atoms. The molecule has 1 unspecified atom stereocenters. The van der Waals surface area contributed by atoms with E-state index in [0.29, 0.717) is 0 Å². The van der Waals surface area contributed by atoms with Gasteiger partial charge in [-0.05, 0) is 18.2 Å². The summed E-state index contributed by atoms with van der Waals surface area (Å²) < 4.78 is 22.7. The number of amides is 1. The first-order valence-corrected chi connectivity index (χ1v) is 5.42. The molecule has 104 valence electrons. The number of ether oxygens (including phenoxy) is 2. The highest BCUT2D eigenvalue weighted by Crippen LogP contribution is 2.17. The van der Waals surface area contributed by atoms with Gasteiger partial charge >= 0.3 is 5.97 Å². The Kier molecular flexibility index (Phi) is 5.40. The molecule has 1 atom stereocenters. The zero-order valence-electron chi connectivity index (χ0n) is 10.6. The molecule has 1 aromatic rings. The fourth-order valence-electron chi connectivity index (χ4n) is 1.35. The summed E-state index contributed by atoms with van der Waals surface area (Å²) in [6.45, 7) is 0.00411. The van der Waals surface area contributed by atoms with Crippen LogP contribution in [-0.4, -0.2) is 38.7 Å². The van der Waals surface area contributed by atoms with Crippen molar-refractivity contribution in [1.82, 2.24) is 0 Å². The third-order valence-corrected chi connectivity index (χ3v) is 2.33. The molecule has 0 heterocycles. The van der Waals surface area contributed by atoms with Crippen molar-refractivity contribution in [3.8, 4) is 0 Å². The first kappa shape index (κ1) is 15.1. The van der Waals surface area contributed by atoms with E-state index < -0.39 is 23.7 Å². The minimum atomic E-state index is -0.925. The molecule has 0 fully saturated rings. The van der Waals surface area contributed by atoms with Crippen molar-refractivity contribution in [2.45, 2.75) is 6.04 Å². The maximum Gasteiger partial charge on any atom is 0.337 e. The number of anilines is 1. The quantitative estimate of drug-likeness (QED) is 0.761. The van der Waals surface area contributed by atoms with Crippen LogP contribution in [0.5, 0.6) is 0 Å². The van der Waals surface area contributed by atoms with Crippen molar-refractivity contribution < 1.29 is 23.5 Å². The Hall–Kier alpha value is -1.99. The maximum atomic E-state index is 13.5. The molecule has 0 saturated carbocycles. The Morgan fingerprint density at radius 1 is 1.42 bits per heavy atom. The second-order valence-electron chi connectivity index (χ2n) is 3.74. The fraction of sp³-hybridized carbons (Fsp3) is 0.333. The van der Waals surface area contributed by atoms with Crippen LogP contribution in [0.25, 0.3) is 0 Å². The number of carbonyl (C=O) groups excluding carboxylic acids is 2. The van der Waals surface area contributed by atoms with Gasteiger partial charge in [0.2, 0.25) is 5.91 Å². The van der Waals surface area contributed by atoms with E-state index in [1.807, 2.05) is 0 Å². The zero-order valence-corrected chi connectivity index (χ0v) is 10.6. The Balaban J connectivity index is 2.88. The van der Waals surface area contributed by atoms with Crippen LogP contribution in [-0.2, 0) is 14.3 Å². The van der Waals surface area contributed by atoms with Crippen LogP contribution in [0, 0.1) is 5.82 Å². The molecule has 1 amide bonds. The summed E-state index contributed by atoms with van der Waals surface area (Å²) in [4.78, 5) is 22.9. The van der Waals surface area contributed by atoms with Crippen LogP contribution in [0.3, 0.4) is 0 Å². The van der Waals surface area contributed by atoms with E-state index in [2.05, 4.69) is 10.1 Å². The molecular formula is C12H15FN2O4. The van der Waals surface area contributed by atoms with Gasteiger partial charge in [0.1, 0.15) is 11.9 Å². The maximum absolute atomic E-state index is 13.5. The molecule has 0 aliphatic heterocycles. The lowest BCUT2D eigenvalue weighted by Crippen LogP contribution is -2.39. The minimum absolute atomic E-state index is 0.00411. The second-order valence-corrected chi connectivity index (χ2v) is 3.74. The first-order valence-electron chi connectivity index (χ1n) is 5.42. The van der Waals surface area contributed by atoms with Gasteiger partial charge in [0.15, 0.2) is 0 Å². The summed E-state index contributed by atoms with van der Waals surface area (Å²) >= 11 is 0. The largest absolute Gasteiger partial charge is 0.465 e. The van der Waals surface area contributed by atoms with E-state index in [9.17, 15) is 14.0 Å². The third kappa shape index (κ3) is 4.01. The molecular weight excluding hydrogens is 255 g/mol. The molecule has 0 radical (unpaired) electrons. The lowest BCUT2D eigenvalue weighted by molar-refractivity contribution is -0.118. The number of carbonyl (C=O) groups is 2. The van der Waals surface area contributed by atoms with Gasteiger partial charge in [-0.1, -0.05) is 0 Å². The van der Waals surface area contributed by atoms with E-state index in [1.54, 1.807) is 0 Å². The molecule has 7 heteroatoms. The summed E-state index contributed by atoms with van der Waals surface area (Å²) in [7, 11) is 2.60. The molecule has 0 bridgehead atoms. The van der Waals surface area contributed by atoms with E-state index in [4.69, 9.17) is 10.5 Å². The molecule has 1 rings (SSSR count). The van der Waals surface area contributed by atoms with Crippen molar-refractivity contribution in [3.63, 3.8) is 0 Å². The molecule has 0 saturated heterocycles. The first-order chi connectivity index (χ1) is 8.99. The summed E-state index contributed by atoms with van der Waals surface area (Å²) in [6, 6.07) is 2.57. The molecule has 0 aromatic heterocycles. The van der Waals surface area contributed by atoms with Crippen molar-refractivity contribution in [2.75, 3.05) is 26.1 Å². The van der Waals surface area contributed by atoms with Gasteiger partial charge in [-0.2, -0.15) is 0 Å². The number of methoxy groups -OCH3 is 2. The topological polar surface area (TPSA) is 90.6 Å². The molecule has 0 aliphatic rings. The predicted octanol–water partition coefficient (Wildman–Crippen LogP) is 0.524. The fourth-order valence-corrected chi connectivity index (χ4v) is 1.35. The number of halogens is 1. The van der Waals surface area contributed by atoms with Crippen molar-refractivity contribution in [3.05, 3.63) is 29.6 Å². The summed E-state index contributed by atoms with van der Waals surface area (Å²) in [5.74, 6) is -1.91. The van der Waals surface area contributed by atoms with Crippen molar-refractivity contribution in [1.29, 1.82) is 0 Å². The lowest BCUT2D eigenvalue weighted by atomic mass is 10.2. The van der Waals surface area contributed by atoms with Crippen LogP contribution in [0.1, 0.15) is 10.4 Å². The third-order valence-electron chi connectivity index (χ3n) is 2.33. The predicted molar refractivity (Wildman–Crippen MR) is 66.2 cm³/mol. The monoisotopic (exact) mass is 270 g/mol. The van der Waals surface area contributed by atoms with E-state index >= 15 is 0 Å². The number of benzene rings is 1. The average Bonchev–Trinajstić information content (AvgIpc) is 2.40. The van der Waals surface area contributed by atoms with Gasteiger partial charge < -0.3 is 20.5 Å². The van der Waals surface area contributed by atoms with E-state index in [-0.39, 0.29) is 17.9 Å². The Labute approximate surface area is 109 Å². The van der Waals surface area contributed by atoms with E-state index in [0.717, 1.165) is 6.07 Å². The van der Waals surface area contributed by atoms with Crippen LogP contribution in [0.2, 0.25) is 0 Å². The highest BCUT2D eigenvalue weighted by atomic mass is 19.1. The van der Waals surface area contributed by atoms with Gasteiger partial charge in [-0.3, -0.25) is 4.79 Å². The Morgan fingerprint density at radius 3 is 2.68 bits per heavy atom. The van der Waals surface area contributed by atoms with Gasteiger partial charge in [0, 0.05) is 7.11 Å². The second kappa shape index (κ2) is 6.81. The highest BCUT2D eigenvalue weighted by Gasteiger charge is 2.16. The molecule has 6 nitrogen and oxygen atoms in total. The van der Waals surface area contributed by atoms with Gasteiger partial charge in [-0.25, -0.2) is 9.18 Å². The van der Waals surface area contributed by atoms with E-state index in [1.165, 1.54) is 26.4 Å². The van der Waals surface area contributed by atoms with Crippen LogP contribution in [0.15, 0.2) is 18.2 Å². The van der Waals surface area contributed by atoms with Gasteiger partial charge in [0.05, 0.1) is 25.0 Å². The average molecular weight is 270 g/mol. The van der Waals surface area contributed by atoms with Gasteiger partial charge in [0.25, 0.3) is 0 Å². The van der Waals surface area contributed by atoms with Crippen LogP contribution < -0.4 is 11.1 Å².